The highest BCUT2D eigenvalue weighted by atomic mass is 35.5. The van der Waals surface area contributed by atoms with Gasteiger partial charge in [-0.25, -0.2) is 8.78 Å². The van der Waals surface area contributed by atoms with Gasteiger partial charge in [-0.05, 0) is 12.1 Å². The summed E-state index contributed by atoms with van der Waals surface area (Å²) >= 11 is 1.07. The standard InChI is InChI=1S/C6H7F2NS.ClH/c7-6(8)5-2-1-4(3-9)10-5;/h1-2,6H,3,9H2;1H. The Hall–Kier alpha value is -0.190. The Morgan fingerprint density at radius 2 is 2.09 bits per heavy atom. The Bertz CT molecular complexity index is 214. The molecular formula is C6H8ClF2NS. The van der Waals surface area contributed by atoms with Crippen LogP contribution in [0.1, 0.15) is 16.2 Å². The Kier molecular flexibility index (Phi) is 4.56. The van der Waals surface area contributed by atoms with E-state index in [0.29, 0.717) is 6.54 Å². The third kappa shape index (κ3) is 2.73. The smallest absolute Gasteiger partial charge is 0.272 e. The Morgan fingerprint density at radius 1 is 1.45 bits per heavy atom. The van der Waals surface area contributed by atoms with Crippen LogP contribution in [-0.2, 0) is 6.54 Å². The zero-order valence-electron chi connectivity index (χ0n) is 5.59. The fourth-order valence-electron chi connectivity index (χ4n) is 0.621. The molecule has 1 aromatic rings. The molecule has 1 nitrogen and oxygen atoms in total. The molecule has 0 bridgehead atoms. The second-order valence-electron chi connectivity index (χ2n) is 1.81. The third-order valence-electron chi connectivity index (χ3n) is 1.10. The number of hydrogen-bond donors (Lipinski definition) is 1. The lowest BCUT2D eigenvalue weighted by atomic mass is 10.4. The van der Waals surface area contributed by atoms with Gasteiger partial charge in [0.2, 0.25) is 0 Å². The highest BCUT2D eigenvalue weighted by molar-refractivity contribution is 7.12. The van der Waals surface area contributed by atoms with Gasteiger partial charge in [0, 0.05) is 11.4 Å². The van der Waals surface area contributed by atoms with Crippen molar-refractivity contribution in [2.24, 2.45) is 5.73 Å². The van der Waals surface area contributed by atoms with E-state index in [0.717, 1.165) is 16.2 Å². The predicted octanol–water partition coefficient (Wildman–Crippen LogP) is 2.57. The number of alkyl halides is 2. The van der Waals surface area contributed by atoms with E-state index < -0.39 is 6.43 Å². The van der Waals surface area contributed by atoms with E-state index in [1.165, 1.54) is 6.07 Å². The van der Waals surface area contributed by atoms with Crippen molar-refractivity contribution in [3.63, 3.8) is 0 Å². The zero-order valence-corrected chi connectivity index (χ0v) is 7.22. The fourth-order valence-corrected chi connectivity index (χ4v) is 1.37. The molecule has 2 N–H and O–H groups in total. The van der Waals surface area contributed by atoms with Crippen molar-refractivity contribution in [3.05, 3.63) is 21.9 Å². The van der Waals surface area contributed by atoms with Crippen molar-refractivity contribution in [3.8, 4) is 0 Å². The predicted molar refractivity (Wildman–Crippen MR) is 44.4 cm³/mol. The van der Waals surface area contributed by atoms with Crippen molar-refractivity contribution >= 4 is 23.7 Å². The molecule has 0 aliphatic heterocycles. The summed E-state index contributed by atoms with van der Waals surface area (Å²) in [6.07, 6.45) is -2.36. The van der Waals surface area contributed by atoms with Gasteiger partial charge < -0.3 is 5.73 Å². The maximum absolute atomic E-state index is 11.9. The van der Waals surface area contributed by atoms with Crippen LogP contribution in [0.25, 0.3) is 0 Å². The Labute approximate surface area is 73.6 Å². The van der Waals surface area contributed by atoms with Crippen LogP contribution in [0.4, 0.5) is 8.78 Å². The van der Waals surface area contributed by atoms with Crippen molar-refractivity contribution in [1.29, 1.82) is 0 Å². The number of rotatable bonds is 2. The fraction of sp³-hybridized carbons (Fsp3) is 0.333. The van der Waals surface area contributed by atoms with Gasteiger partial charge in [0.05, 0.1) is 4.88 Å². The lowest BCUT2D eigenvalue weighted by molar-refractivity contribution is 0.155. The first-order chi connectivity index (χ1) is 4.74. The molecule has 1 rings (SSSR count). The van der Waals surface area contributed by atoms with Crippen molar-refractivity contribution in [2.75, 3.05) is 0 Å². The van der Waals surface area contributed by atoms with Gasteiger partial charge in [0.25, 0.3) is 6.43 Å². The molecule has 0 amide bonds. The summed E-state index contributed by atoms with van der Waals surface area (Å²) in [4.78, 5) is 0.899. The van der Waals surface area contributed by atoms with Crippen LogP contribution in [0.15, 0.2) is 12.1 Å². The van der Waals surface area contributed by atoms with Crippen LogP contribution in [0.3, 0.4) is 0 Å². The van der Waals surface area contributed by atoms with Crippen LogP contribution < -0.4 is 5.73 Å². The van der Waals surface area contributed by atoms with Crippen LogP contribution in [0, 0.1) is 0 Å². The minimum absolute atomic E-state index is 0. The molecule has 0 atom stereocenters. The molecule has 1 aromatic heterocycles. The average molecular weight is 200 g/mol. The molecule has 1 heterocycles. The summed E-state index contributed by atoms with van der Waals surface area (Å²) in [5.41, 5.74) is 5.23. The molecule has 0 aliphatic carbocycles. The van der Waals surface area contributed by atoms with E-state index in [2.05, 4.69) is 0 Å². The third-order valence-corrected chi connectivity index (χ3v) is 2.21. The maximum atomic E-state index is 11.9. The highest BCUT2D eigenvalue weighted by Crippen LogP contribution is 2.26. The molecule has 0 aromatic carbocycles. The van der Waals surface area contributed by atoms with E-state index >= 15 is 0 Å². The van der Waals surface area contributed by atoms with Gasteiger partial charge in [-0.2, -0.15) is 0 Å². The molecule has 5 heteroatoms. The minimum Gasteiger partial charge on any atom is -0.326 e. The summed E-state index contributed by atoms with van der Waals surface area (Å²) in [5, 5.41) is 0. The van der Waals surface area contributed by atoms with E-state index in [-0.39, 0.29) is 17.3 Å². The molecule has 0 unspecified atom stereocenters. The summed E-state index contributed by atoms with van der Waals surface area (Å²) < 4.78 is 23.8. The SMILES string of the molecule is Cl.NCc1ccc(C(F)F)s1. The van der Waals surface area contributed by atoms with E-state index in [1.54, 1.807) is 6.07 Å². The first-order valence-corrected chi connectivity index (χ1v) is 3.62. The lowest BCUT2D eigenvalue weighted by Crippen LogP contribution is -1.91. The molecular weight excluding hydrogens is 192 g/mol. The molecule has 0 radical (unpaired) electrons. The van der Waals surface area contributed by atoms with Gasteiger partial charge in [-0.1, -0.05) is 0 Å². The number of thiophene rings is 1. The maximum Gasteiger partial charge on any atom is 0.272 e. The van der Waals surface area contributed by atoms with Crippen LogP contribution in [0.5, 0.6) is 0 Å². The second kappa shape index (κ2) is 4.64. The summed E-state index contributed by atoms with van der Waals surface area (Å²) in [6.45, 7) is 0.345. The number of nitrogens with two attached hydrogens (primary N) is 1. The number of hydrogen-bond acceptors (Lipinski definition) is 2. The van der Waals surface area contributed by atoms with Crippen molar-refractivity contribution < 1.29 is 8.78 Å². The molecule has 0 saturated carbocycles. The first-order valence-electron chi connectivity index (χ1n) is 2.81. The van der Waals surface area contributed by atoms with Crippen LogP contribution in [0.2, 0.25) is 0 Å². The monoisotopic (exact) mass is 199 g/mol. The van der Waals surface area contributed by atoms with Crippen LogP contribution >= 0.6 is 23.7 Å². The Morgan fingerprint density at radius 3 is 2.36 bits per heavy atom. The Balaban J connectivity index is 0.000001000. The normalized spacial score (nSPS) is 9.82. The summed E-state index contributed by atoms with van der Waals surface area (Å²) in [6, 6.07) is 3.05. The van der Waals surface area contributed by atoms with E-state index in [9.17, 15) is 8.78 Å². The lowest BCUT2D eigenvalue weighted by Gasteiger charge is -1.89. The van der Waals surface area contributed by atoms with Gasteiger partial charge in [-0.15, -0.1) is 23.7 Å². The van der Waals surface area contributed by atoms with Gasteiger partial charge in [0.15, 0.2) is 0 Å². The quantitative estimate of drug-likeness (QED) is 0.779. The highest BCUT2D eigenvalue weighted by Gasteiger charge is 2.08. The molecule has 64 valence electrons. The average Bonchev–Trinajstić information content (AvgIpc) is 2.34. The van der Waals surface area contributed by atoms with E-state index in [4.69, 9.17) is 5.73 Å². The zero-order chi connectivity index (χ0) is 7.56. The molecule has 0 aliphatic rings. The molecule has 0 fully saturated rings. The van der Waals surface area contributed by atoms with Crippen molar-refractivity contribution in [1.82, 2.24) is 0 Å². The molecule has 0 spiro atoms. The first kappa shape index (κ1) is 10.8. The number of halogens is 3. The summed E-state index contributed by atoms with van der Waals surface area (Å²) in [7, 11) is 0. The molecule has 11 heavy (non-hydrogen) atoms. The largest absolute Gasteiger partial charge is 0.326 e. The van der Waals surface area contributed by atoms with E-state index in [1.807, 2.05) is 0 Å². The molecule has 0 saturated heterocycles. The second-order valence-corrected chi connectivity index (χ2v) is 3.01. The minimum atomic E-state index is -2.36. The topological polar surface area (TPSA) is 26.0 Å². The van der Waals surface area contributed by atoms with Gasteiger partial charge in [0.1, 0.15) is 0 Å². The summed E-state index contributed by atoms with van der Waals surface area (Å²) in [5.74, 6) is 0. The van der Waals surface area contributed by atoms with Gasteiger partial charge >= 0.3 is 0 Å². The van der Waals surface area contributed by atoms with Crippen molar-refractivity contribution in [2.45, 2.75) is 13.0 Å². The van der Waals surface area contributed by atoms with Crippen LogP contribution in [-0.4, -0.2) is 0 Å². The van der Waals surface area contributed by atoms with Gasteiger partial charge in [-0.3, -0.25) is 0 Å².